The van der Waals surface area contributed by atoms with Crippen molar-refractivity contribution >= 4 is 33.9 Å². The van der Waals surface area contributed by atoms with Crippen molar-refractivity contribution in [3.63, 3.8) is 0 Å². The number of hydrogen-bond donors (Lipinski definition) is 0. The number of cyclic esters (lactones) is 1. The lowest BCUT2D eigenvalue weighted by molar-refractivity contribution is -0.129. The Hall–Kier alpha value is -2.60. The van der Waals surface area contributed by atoms with Gasteiger partial charge in [-0.1, -0.05) is 41.9 Å². The molecular weight excluding hydrogens is 398 g/mol. The zero-order chi connectivity index (χ0) is 18.3. The Morgan fingerprint density at radius 2 is 1.81 bits per heavy atom. The molecule has 0 bridgehead atoms. The van der Waals surface area contributed by atoms with E-state index in [-0.39, 0.29) is 12.5 Å². The first-order valence-corrected chi connectivity index (χ1v) is 9.02. The van der Waals surface area contributed by atoms with Gasteiger partial charge in [0, 0.05) is 10.0 Å². The fraction of sp³-hybridized carbons (Fsp3) is 0.200. The minimum absolute atomic E-state index is 0.193. The third-order valence-electron chi connectivity index (χ3n) is 4.23. The molecular formula is C20H16BrNO4. The van der Waals surface area contributed by atoms with Gasteiger partial charge < -0.3 is 14.2 Å². The Balaban J connectivity index is 1.65. The molecule has 0 spiro atoms. The van der Waals surface area contributed by atoms with Crippen molar-refractivity contribution in [2.24, 2.45) is 4.99 Å². The zero-order valence-corrected chi connectivity index (χ0v) is 15.9. The van der Waals surface area contributed by atoms with Crippen LogP contribution in [0, 0.1) is 0 Å². The monoisotopic (exact) mass is 413 g/mol. The third-order valence-corrected chi connectivity index (χ3v) is 4.92. The van der Waals surface area contributed by atoms with Crippen LogP contribution in [0.25, 0.3) is 6.08 Å². The molecule has 0 aromatic heterocycles. The van der Waals surface area contributed by atoms with Gasteiger partial charge in [0.25, 0.3) is 0 Å². The molecule has 0 saturated heterocycles. The maximum Gasteiger partial charge on any atom is 0.363 e. The Morgan fingerprint density at radius 3 is 2.50 bits per heavy atom. The summed E-state index contributed by atoms with van der Waals surface area (Å²) in [6.45, 7) is 4.46. The molecule has 0 amide bonds. The van der Waals surface area contributed by atoms with E-state index in [4.69, 9.17) is 14.2 Å². The lowest BCUT2D eigenvalue weighted by Crippen LogP contribution is -2.05. The molecule has 0 N–H and O–H groups in total. The number of hydrogen-bond acceptors (Lipinski definition) is 5. The first kappa shape index (κ1) is 16.8. The van der Waals surface area contributed by atoms with Crippen molar-refractivity contribution in [2.75, 3.05) is 6.79 Å². The van der Waals surface area contributed by atoms with Crippen LogP contribution in [0.15, 0.2) is 51.6 Å². The number of esters is 1. The van der Waals surface area contributed by atoms with Crippen LogP contribution < -0.4 is 9.47 Å². The highest BCUT2D eigenvalue weighted by atomic mass is 79.9. The number of ether oxygens (including phenoxy) is 3. The van der Waals surface area contributed by atoms with Crippen molar-refractivity contribution in [2.45, 2.75) is 19.8 Å². The van der Waals surface area contributed by atoms with E-state index in [1.165, 1.54) is 5.56 Å². The van der Waals surface area contributed by atoms with E-state index in [1.54, 1.807) is 12.1 Å². The van der Waals surface area contributed by atoms with Gasteiger partial charge in [0.15, 0.2) is 17.2 Å². The molecule has 26 heavy (non-hydrogen) atoms. The average Bonchev–Trinajstić information content (AvgIpc) is 3.22. The molecule has 2 aliphatic rings. The normalized spacial score (nSPS) is 17.0. The summed E-state index contributed by atoms with van der Waals surface area (Å²) < 4.78 is 16.8. The summed E-state index contributed by atoms with van der Waals surface area (Å²) in [5.41, 5.74) is 3.00. The van der Waals surface area contributed by atoms with Crippen LogP contribution in [0.1, 0.15) is 36.5 Å². The molecule has 0 radical (unpaired) electrons. The Morgan fingerprint density at radius 1 is 1.12 bits per heavy atom. The van der Waals surface area contributed by atoms with Crippen molar-refractivity contribution in [3.05, 3.63) is 63.3 Å². The second-order valence-electron chi connectivity index (χ2n) is 6.34. The fourth-order valence-corrected chi connectivity index (χ4v) is 3.17. The molecule has 0 unspecified atom stereocenters. The van der Waals surface area contributed by atoms with Gasteiger partial charge in [0.2, 0.25) is 12.7 Å². The Kier molecular flexibility index (Phi) is 4.28. The number of aliphatic imine (C=N–C) groups is 1. The number of carbonyl (C=O) groups excluding carboxylic acids is 1. The summed E-state index contributed by atoms with van der Waals surface area (Å²) in [6, 6.07) is 11.5. The third kappa shape index (κ3) is 3.12. The molecule has 0 fully saturated rings. The molecule has 2 aromatic rings. The fourth-order valence-electron chi connectivity index (χ4n) is 2.73. The first-order valence-electron chi connectivity index (χ1n) is 8.23. The summed E-state index contributed by atoms with van der Waals surface area (Å²) in [4.78, 5) is 16.6. The summed E-state index contributed by atoms with van der Waals surface area (Å²) in [6.07, 6.45) is 1.67. The van der Waals surface area contributed by atoms with Crippen LogP contribution in [-0.2, 0) is 9.53 Å². The van der Waals surface area contributed by atoms with Gasteiger partial charge >= 0.3 is 5.97 Å². The number of carbonyl (C=O) groups is 1. The van der Waals surface area contributed by atoms with Crippen molar-refractivity contribution in [3.8, 4) is 11.5 Å². The van der Waals surface area contributed by atoms with E-state index in [2.05, 4.69) is 34.8 Å². The highest BCUT2D eigenvalue weighted by Gasteiger charge is 2.25. The van der Waals surface area contributed by atoms with E-state index < -0.39 is 5.97 Å². The topological polar surface area (TPSA) is 57.1 Å². The van der Waals surface area contributed by atoms with Crippen molar-refractivity contribution in [1.29, 1.82) is 0 Å². The van der Waals surface area contributed by atoms with Crippen LogP contribution in [-0.4, -0.2) is 18.7 Å². The standard InChI is InChI=1S/C20H16BrNO4/c1-11(2)12-3-5-13(6-4-12)19-22-16(20(23)26-19)7-14-8-17-18(9-15(14)21)25-10-24-17/h3-9,11H,10H2,1-2H3/b16-7-. The molecule has 5 nitrogen and oxygen atoms in total. The molecule has 0 aliphatic carbocycles. The summed E-state index contributed by atoms with van der Waals surface area (Å²) in [5, 5.41) is 0. The number of fused-ring (bicyclic) bond motifs is 1. The van der Waals surface area contributed by atoms with Gasteiger partial charge in [-0.05, 0) is 47.4 Å². The predicted molar refractivity (Wildman–Crippen MR) is 101 cm³/mol. The Labute approximate surface area is 159 Å². The smallest absolute Gasteiger partial charge is 0.363 e. The average molecular weight is 414 g/mol. The van der Waals surface area contributed by atoms with Crippen molar-refractivity contribution < 1.29 is 19.0 Å². The highest BCUT2D eigenvalue weighted by molar-refractivity contribution is 9.10. The number of benzene rings is 2. The summed E-state index contributed by atoms with van der Waals surface area (Å²) >= 11 is 3.48. The van der Waals surface area contributed by atoms with E-state index in [0.717, 1.165) is 15.6 Å². The highest BCUT2D eigenvalue weighted by Crippen LogP contribution is 2.38. The van der Waals surface area contributed by atoms with Gasteiger partial charge in [0.1, 0.15) is 0 Å². The maximum absolute atomic E-state index is 12.2. The predicted octanol–water partition coefficient (Wildman–Crippen LogP) is 4.65. The molecule has 2 aromatic carbocycles. The SMILES string of the molecule is CC(C)c1ccc(C2=N/C(=C\c3cc4c(cc3Br)OCO4)C(=O)O2)cc1. The summed E-state index contributed by atoms with van der Waals surface area (Å²) in [5.74, 6) is 1.59. The van der Waals surface area contributed by atoms with Gasteiger partial charge in [0.05, 0.1) is 0 Å². The van der Waals surface area contributed by atoms with Crippen LogP contribution in [0.3, 0.4) is 0 Å². The van der Waals surface area contributed by atoms with Gasteiger partial charge in [-0.25, -0.2) is 9.79 Å². The van der Waals surface area contributed by atoms with E-state index >= 15 is 0 Å². The lowest BCUT2D eigenvalue weighted by atomic mass is 10.0. The van der Waals surface area contributed by atoms with Gasteiger partial charge in [-0.3, -0.25) is 0 Å². The molecule has 2 aliphatic heterocycles. The van der Waals surface area contributed by atoms with Crippen LogP contribution in [0.5, 0.6) is 11.5 Å². The Bertz CT molecular complexity index is 945. The number of halogens is 1. The van der Waals surface area contributed by atoms with Crippen LogP contribution >= 0.6 is 15.9 Å². The second kappa shape index (κ2) is 6.61. The van der Waals surface area contributed by atoms with E-state index in [1.807, 2.05) is 30.3 Å². The van der Waals surface area contributed by atoms with E-state index in [0.29, 0.717) is 23.3 Å². The minimum Gasteiger partial charge on any atom is -0.454 e. The quantitative estimate of drug-likeness (QED) is 0.542. The minimum atomic E-state index is -0.475. The largest absolute Gasteiger partial charge is 0.454 e. The lowest BCUT2D eigenvalue weighted by Gasteiger charge is -2.05. The molecule has 132 valence electrons. The first-order chi connectivity index (χ1) is 12.5. The summed E-state index contributed by atoms with van der Waals surface area (Å²) in [7, 11) is 0. The maximum atomic E-state index is 12.2. The molecule has 2 heterocycles. The molecule has 6 heteroatoms. The second-order valence-corrected chi connectivity index (χ2v) is 7.19. The van der Waals surface area contributed by atoms with E-state index in [9.17, 15) is 4.79 Å². The number of nitrogens with zero attached hydrogens (tertiary/aromatic N) is 1. The molecule has 4 rings (SSSR count). The van der Waals surface area contributed by atoms with Crippen molar-refractivity contribution in [1.82, 2.24) is 0 Å². The van der Waals surface area contributed by atoms with Gasteiger partial charge in [-0.2, -0.15) is 0 Å². The number of rotatable bonds is 3. The zero-order valence-electron chi connectivity index (χ0n) is 14.3. The molecule has 0 atom stereocenters. The van der Waals surface area contributed by atoms with Gasteiger partial charge in [-0.15, -0.1) is 0 Å². The van der Waals surface area contributed by atoms with Crippen LogP contribution in [0.4, 0.5) is 0 Å². The van der Waals surface area contributed by atoms with Crippen LogP contribution in [0.2, 0.25) is 0 Å². The molecule has 0 saturated carbocycles.